The van der Waals surface area contributed by atoms with Gasteiger partial charge in [-0.05, 0) is 30.5 Å². The van der Waals surface area contributed by atoms with E-state index in [1.807, 2.05) is 6.92 Å². The summed E-state index contributed by atoms with van der Waals surface area (Å²) in [6.45, 7) is 1.53. The van der Waals surface area contributed by atoms with E-state index in [0.29, 0.717) is 5.58 Å². The Morgan fingerprint density at radius 3 is 2.61 bits per heavy atom. The van der Waals surface area contributed by atoms with Crippen molar-refractivity contribution in [3.63, 3.8) is 0 Å². The van der Waals surface area contributed by atoms with Gasteiger partial charge in [-0.2, -0.15) is 0 Å². The predicted octanol–water partition coefficient (Wildman–Crippen LogP) is 1.56. The largest absolute Gasteiger partial charge is 0.484 e. The Kier molecular flexibility index (Phi) is 7.14. The first-order valence-electron chi connectivity index (χ1n) is 8.73. The van der Waals surface area contributed by atoms with Crippen molar-refractivity contribution in [3.05, 3.63) is 40.2 Å². The topological polar surface area (TPSA) is 143 Å². The van der Waals surface area contributed by atoms with Gasteiger partial charge >= 0.3 is 17.6 Å². The zero-order valence-electron chi connectivity index (χ0n) is 15.3. The first kappa shape index (κ1) is 20.9. The molecule has 0 bridgehead atoms. The molecule has 1 heterocycles. The molecule has 2 aromatic rings. The monoisotopic (exact) mass is 391 g/mol. The van der Waals surface area contributed by atoms with E-state index in [1.54, 1.807) is 12.1 Å². The van der Waals surface area contributed by atoms with E-state index in [9.17, 15) is 19.2 Å². The van der Waals surface area contributed by atoms with Gasteiger partial charge in [0, 0.05) is 23.9 Å². The van der Waals surface area contributed by atoms with Gasteiger partial charge in [0.2, 0.25) is 0 Å². The number of aliphatic carboxylic acids is 2. The number of hydrogen-bond donors (Lipinski definition) is 3. The molecule has 0 aliphatic carbocycles. The maximum Gasteiger partial charge on any atom is 0.336 e. The molecule has 0 saturated carbocycles. The lowest BCUT2D eigenvalue weighted by Crippen LogP contribution is -2.43. The summed E-state index contributed by atoms with van der Waals surface area (Å²) in [4.78, 5) is 45.2. The van der Waals surface area contributed by atoms with E-state index in [0.717, 1.165) is 23.8 Å². The lowest BCUT2D eigenvalue weighted by Gasteiger charge is -2.14. The molecule has 0 aliphatic rings. The van der Waals surface area contributed by atoms with Crippen LogP contribution in [0.5, 0.6) is 5.75 Å². The van der Waals surface area contributed by atoms with Crippen LogP contribution < -0.4 is 15.7 Å². The lowest BCUT2D eigenvalue weighted by atomic mass is 10.1. The first-order valence-corrected chi connectivity index (χ1v) is 8.73. The summed E-state index contributed by atoms with van der Waals surface area (Å²) >= 11 is 0. The Balaban J connectivity index is 2.04. The maximum atomic E-state index is 11.9. The number of nitrogens with one attached hydrogen (secondary N) is 1. The van der Waals surface area contributed by atoms with Gasteiger partial charge in [-0.3, -0.25) is 9.59 Å². The van der Waals surface area contributed by atoms with Crippen LogP contribution in [0.25, 0.3) is 11.0 Å². The second kappa shape index (κ2) is 9.54. The second-order valence-electron chi connectivity index (χ2n) is 6.18. The van der Waals surface area contributed by atoms with Gasteiger partial charge in [0.25, 0.3) is 5.91 Å². The van der Waals surface area contributed by atoms with Crippen LogP contribution in [0.2, 0.25) is 0 Å². The number of ether oxygens (including phenoxy) is 1. The fourth-order valence-electron chi connectivity index (χ4n) is 2.69. The molecule has 0 unspecified atom stereocenters. The number of fused-ring (bicyclic) bond motifs is 1. The molecule has 0 fully saturated rings. The van der Waals surface area contributed by atoms with Crippen LogP contribution in [0.1, 0.15) is 31.7 Å². The minimum atomic E-state index is -1.33. The summed E-state index contributed by atoms with van der Waals surface area (Å²) in [6, 6.07) is 4.96. The van der Waals surface area contributed by atoms with Crippen molar-refractivity contribution in [1.82, 2.24) is 5.32 Å². The molecule has 1 aromatic heterocycles. The minimum absolute atomic E-state index is 0.238. The fourth-order valence-corrected chi connectivity index (χ4v) is 2.69. The van der Waals surface area contributed by atoms with E-state index in [2.05, 4.69) is 5.32 Å². The van der Waals surface area contributed by atoms with Crippen LogP contribution in [0, 0.1) is 0 Å². The van der Waals surface area contributed by atoms with Crippen molar-refractivity contribution in [2.45, 2.75) is 38.6 Å². The third kappa shape index (κ3) is 5.83. The van der Waals surface area contributed by atoms with Crippen molar-refractivity contribution in [2.24, 2.45) is 0 Å². The van der Waals surface area contributed by atoms with E-state index in [-0.39, 0.29) is 18.6 Å². The average Bonchev–Trinajstić information content (AvgIpc) is 2.62. The molecule has 0 spiro atoms. The lowest BCUT2D eigenvalue weighted by molar-refractivity contribution is -0.143. The van der Waals surface area contributed by atoms with Gasteiger partial charge in [0.15, 0.2) is 6.61 Å². The number of benzene rings is 1. The quantitative estimate of drug-likeness (QED) is 0.518. The smallest absolute Gasteiger partial charge is 0.336 e. The van der Waals surface area contributed by atoms with Gasteiger partial charge in [-0.1, -0.05) is 13.3 Å². The highest BCUT2D eigenvalue weighted by atomic mass is 16.5. The molecule has 3 N–H and O–H groups in total. The standard InChI is InChI=1S/C19H21NO8/c1-2-3-11-8-18(24)28-15-9-12(4-5-13(11)15)27-10-16(21)20-14(19(25)26)6-7-17(22)23/h4-5,8-9,14H,2-3,6-7,10H2,1H3,(H,20,21)(H,22,23)(H,25,26)/t14-/m0/s1. The number of aryl methyl sites for hydroxylation is 1. The molecule has 1 aromatic carbocycles. The number of carbonyl (C=O) groups excluding carboxylic acids is 1. The highest BCUT2D eigenvalue weighted by molar-refractivity contribution is 5.85. The molecule has 0 radical (unpaired) electrons. The Morgan fingerprint density at radius 2 is 1.96 bits per heavy atom. The molecule has 9 heteroatoms. The molecule has 0 aliphatic heterocycles. The molecule has 150 valence electrons. The number of carbonyl (C=O) groups is 3. The Labute approximate surface area is 159 Å². The van der Waals surface area contributed by atoms with Crippen molar-refractivity contribution < 1.29 is 33.8 Å². The normalized spacial score (nSPS) is 11.8. The van der Waals surface area contributed by atoms with E-state index in [1.165, 1.54) is 12.1 Å². The highest BCUT2D eigenvalue weighted by Crippen LogP contribution is 2.23. The molecular formula is C19H21NO8. The molecule has 9 nitrogen and oxygen atoms in total. The van der Waals surface area contributed by atoms with Gasteiger partial charge in [-0.25, -0.2) is 9.59 Å². The zero-order chi connectivity index (χ0) is 20.7. The molecule has 28 heavy (non-hydrogen) atoms. The van der Waals surface area contributed by atoms with Crippen molar-refractivity contribution >= 4 is 28.8 Å². The number of amides is 1. The summed E-state index contributed by atoms with van der Waals surface area (Å²) in [7, 11) is 0. The number of carboxylic acids is 2. The number of carboxylic acid groups (broad SMARTS) is 2. The summed E-state index contributed by atoms with van der Waals surface area (Å²) in [5.74, 6) is -2.92. The highest BCUT2D eigenvalue weighted by Gasteiger charge is 2.21. The van der Waals surface area contributed by atoms with Crippen LogP contribution in [0.4, 0.5) is 0 Å². The van der Waals surface area contributed by atoms with Gasteiger partial charge < -0.3 is 24.7 Å². The predicted molar refractivity (Wildman–Crippen MR) is 98.4 cm³/mol. The molecule has 1 atom stereocenters. The second-order valence-corrected chi connectivity index (χ2v) is 6.18. The van der Waals surface area contributed by atoms with E-state index >= 15 is 0 Å². The van der Waals surface area contributed by atoms with Gasteiger partial charge in [0.1, 0.15) is 17.4 Å². The van der Waals surface area contributed by atoms with E-state index in [4.69, 9.17) is 19.4 Å². The molecular weight excluding hydrogens is 370 g/mol. The Bertz CT molecular complexity index is 933. The van der Waals surface area contributed by atoms with Crippen LogP contribution in [0.15, 0.2) is 33.5 Å². The number of hydrogen-bond acceptors (Lipinski definition) is 6. The minimum Gasteiger partial charge on any atom is -0.484 e. The molecule has 2 rings (SSSR count). The molecule has 1 amide bonds. The zero-order valence-corrected chi connectivity index (χ0v) is 15.3. The SMILES string of the molecule is CCCc1cc(=O)oc2cc(OCC(=O)N[C@@H](CCC(=O)O)C(=O)O)ccc12. The Hall–Kier alpha value is -3.36. The summed E-state index contributed by atoms with van der Waals surface area (Å²) < 4.78 is 10.5. The van der Waals surface area contributed by atoms with Crippen LogP contribution in [0.3, 0.4) is 0 Å². The maximum absolute atomic E-state index is 11.9. The van der Waals surface area contributed by atoms with Crippen molar-refractivity contribution in [3.8, 4) is 5.75 Å². The van der Waals surface area contributed by atoms with Gasteiger partial charge in [0.05, 0.1) is 0 Å². The van der Waals surface area contributed by atoms with Crippen molar-refractivity contribution in [2.75, 3.05) is 6.61 Å². The summed E-state index contributed by atoms with van der Waals surface area (Å²) in [5.41, 5.74) is 0.716. The third-order valence-electron chi connectivity index (χ3n) is 3.97. The summed E-state index contributed by atoms with van der Waals surface area (Å²) in [5, 5.41) is 20.7. The third-order valence-corrected chi connectivity index (χ3v) is 3.97. The average molecular weight is 391 g/mol. The van der Waals surface area contributed by atoms with Gasteiger partial charge in [-0.15, -0.1) is 0 Å². The van der Waals surface area contributed by atoms with Crippen molar-refractivity contribution in [1.29, 1.82) is 0 Å². The Morgan fingerprint density at radius 1 is 1.21 bits per heavy atom. The number of rotatable bonds is 10. The summed E-state index contributed by atoms with van der Waals surface area (Å²) in [6.07, 6.45) is 0.959. The first-order chi connectivity index (χ1) is 13.3. The fraction of sp³-hybridized carbons (Fsp3) is 0.368. The van der Waals surface area contributed by atoms with E-state index < -0.39 is 36.1 Å². The van der Waals surface area contributed by atoms with Crippen LogP contribution in [-0.4, -0.2) is 40.7 Å². The van der Waals surface area contributed by atoms with Crippen LogP contribution >= 0.6 is 0 Å². The molecule has 0 saturated heterocycles. The van der Waals surface area contributed by atoms with Crippen LogP contribution in [-0.2, 0) is 20.8 Å².